The van der Waals surface area contributed by atoms with E-state index in [1.165, 1.54) is 11.3 Å². The molecule has 1 aliphatic heterocycles. The quantitative estimate of drug-likeness (QED) is 0.870. The van der Waals surface area contributed by atoms with Crippen LogP contribution in [-0.2, 0) is 6.54 Å². The van der Waals surface area contributed by atoms with Crippen LogP contribution < -0.4 is 10.2 Å². The molecule has 0 amide bonds. The van der Waals surface area contributed by atoms with Crippen LogP contribution in [0.1, 0.15) is 26.3 Å². The van der Waals surface area contributed by atoms with Crippen LogP contribution in [0.25, 0.3) is 0 Å². The number of nitrogens with one attached hydrogen (secondary N) is 1. The molecule has 1 aromatic rings. The first-order chi connectivity index (χ1) is 9.99. The Kier molecular flexibility index (Phi) is 5.59. The zero-order chi connectivity index (χ0) is 15.4. The van der Waals surface area contributed by atoms with Crippen molar-refractivity contribution in [2.75, 3.05) is 38.6 Å². The molecule has 0 aliphatic carbocycles. The van der Waals surface area contributed by atoms with Crippen LogP contribution >= 0.6 is 0 Å². The van der Waals surface area contributed by atoms with Crippen molar-refractivity contribution in [3.05, 3.63) is 24.0 Å². The van der Waals surface area contributed by atoms with E-state index >= 15 is 0 Å². The molecular formula is C17H30N4. The van der Waals surface area contributed by atoms with Crippen LogP contribution in [-0.4, -0.2) is 49.7 Å². The first-order valence-corrected chi connectivity index (χ1v) is 8.04. The van der Waals surface area contributed by atoms with Gasteiger partial charge in [-0.3, -0.25) is 4.98 Å². The molecule has 1 fully saturated rings. The summed E-state index contributed by atoms with van der Waals surface area (Å²) in [6.45, 7) is 11.0. The van der Waals surface area contributed by atoms with Crippen molar-refractivity contribution in [2.24, 2.45) is 11.8 Å². The second-order valence-electron chi connectivity index (χ2n) is 6.94. The van der Waals surface area contributed by atoms with Crippen molar-refractivity contribution in [3.8, 4) is 0 Å². The Balaban J connectivity index is 2.06. The van der Waals surface area contributed by atoms with E-state index in [0.717, 1.165) is 26.2 Å². The number of rotatable bonds is 6. The zero-order valence-corrected chi connectivity index (χ0v) is 14.1. The van der Waals surface area contributed by atoms with E-state index in [1.807, 2.05) is 12.4 Å². The third-order valence-corrected chi connectivity index (χ3v) is 4.32. The molecule has 4 nitrogen and oxygen atoms in total. The minimum atomic E-state index is 0.634. The molecular weight excluding hydrogens is 260 g/mol. The summed E-state index contributed by atoms with van der Waals surface area (Å²) in [7, 11) is 4.37. The highest BCUT2D eigenvalue weighted by Gasteiger charge is 2.31. The zero-order valence-electron chi connectivity index (χ0n) is 14.1. The van der Waals surface area contributed by atoms with Gasteiger partial charge in [-0.1, -0.05) is 20.8 Å². The van der Waals surface area contributed by atoms with Gasteiger partial charge in [-0.05, 0) is 38.5 Å². The van der Waals surface area contributed by atoms with Gasteiger partial charge in [0, 0.05) is 49.3 Å². The van der Waals surface area contributed by atoms with Crippen LogP contribution in [0.4, 0.5) is 5.69 Å². The molecule has 0 radical (unpaired) electrons. The maximum absolute atomic E-state index is 4.31. The van der Waals surface area contributed by atoms with Crippen molar-refractivity contribution in [1.29, 1.82) is 0 Å². The van der Waals surface area contributed by atoms with Gasteiger partial charge in [0.1, 0.15) is 0 Å². The van der Waals surface area contributed by atoms with Crippen molar-refractivity contribution in [2.45, 2.75) is 33.4 Å². The summed E-state index contributed by atoms with van der Waals surface area (Å²) in [6.07, 6.45) is 3.92. The molecule has 4 heteroatoms. The van der Waals surface area contributed by atoms with E-state index in [9.17, 15) is 0 Å². The molecule has 2 rings (SSSR count). The Morgan fingerprint density at radius 3 is 2.76 bits per heavy atom. The topological polar surface area (TPSA) is 31.4 Å². The fourth-order valence-electron chi connectivity index (χ4n) is 3.18. The fraction of sp³-hybridized carbons (Fsp3) is 0.706. The monoisotopic (exact) mass is 290 g/mol. The van der Waals surface area contributed by atoms with E-state index in [0.29, 0.717) is 17.9 Å². The van der Waals surface area contributed by atoms with Crippen molar-refractivity contribution in [3.63, 3.8) is 0 Å². The Morgan fingerprint density at radius 1 is 1.38 bits per heavy atom. The third kappa shape index (κ3) is 4.17. The Hall–Kier alpha value is -1.13. The van der Waals surface area contributed by atoms with Gasteiger partial charge in [0.2, 0.25) is 0 Å². The standard InChI is InChI=1S/C17H30N4/c1-13(2)8-19-10-15-9-18-7-6-16(15)21-11-14(3)17(12-21)20(4)5/h6-7,9,13-14,17,19H,8,10-12H2,1-5H3. The number of aromatic nitrogens is 1. The highest BCUT2D eigenvalue weighted by Crippen LogP contribution is 2.28. The van der Waals surface area contributed by atoms with E-state index in [4.69, 9.17) is 0 Å². The van der Waals surface area contributed by atoms with Gasteiger partial charge in [0.05, 0.1) is 0 Å². The Morgan fingerprint density at radius 2 is 2.14 bits per heavy atom. The fourth-order valence-corrected chi connectivity index (χ4v) is 3.18. The molecule has 0 saturated carbocycles. The molecule has 0 spiro atoms. The largest absolute Gasteiger partial charge is 0.369 e. The number of hydrogen-bond acceptors (Lipinski definition) is 4. The van der Waals surface area contributed by atoms with Gasteiger partial charge in [0.25, 0.3) is 0 Å². The van der Waals surface area contributed by atoms with Crippen LogP contribution in [0.3, 0.4) is 0 Å². The lowest BCUT2D eigenvalue weighted by molar-refractivity contribution is 0.266. The first kappa shape index (κ1) is 16.2. The Bertz CT molecular complexity index is 444. The van der Waals surface area contributed by atoms with Crippen molar-refractivity contribution >= 4 is 5.69 Å². The summed E-state index contributed by atoms with van der Waals surface area (Å²) in [5.74, 6) is 1.37. The molecule has 0 bridgehead atoms. The van der Waals surface area contributed by atoms with E-state index in [1.54, 1.807) is 0 Å². The molecule has 2 atom stereocenters. The Labute approximate surface area is 129 Å². The molecule has 21 heavy (non-hydrogen) atoms. The van der Waals surface area contributed by atoms with Gasteiger partial charge >= 0.3 is 0 Å². The number of hydrogen-bond donors (Lipinski definition) is 1. The lowest BCUT2D eigenvalue weighted by Crippen LogP contribution is -2.34. The number of nitrogens with zero attached hydrogens (tertiary/aromatic N) is 3. The number of anilines is 1. The number of likely N-dealkylation sites (N-methyl/N-ethyl adjacent to an activating group) is 1. The molecule has 1 N–H and O–H groups in total. The molecule has 118 valence electrons. The van der Waals surface area contributed by atoms with Crippen LogP contribution in [0.2, 0.25) is 0 Å². The molecule has 2 unspecified atom stereocenters. The van der Waals surface area contributed by atoms with Crippen LogP contribution in [0.5, 0.6) is 0 Å². The summed E-state index contributed by atoms with van der Waals surface area (Å²) in [5.41, 5.74) is 2.65. The normalized spacial score (nSPS) is 22.5. The van der Waals surface area contributed by atoms with Gasteiger partial charge in [-0.25, -0.2) is 0 Å². The lowest BCUT2D eigenvalue weighted by atomic mass is 10.1. The molecule has 1 aliphatic rings. The SMILES string of the molecule is CC(C)CNCc1cnccc1N1CC(C)C(N(C)C)C1. The minimum Gasteiger partial charge on any atom is -0.369 e. The molecule has 1 aromatic heterocycles. The second kappa shape index (κ2) is 7.23. The lowest BCUT2D eigenvalue weighted by Gasteiger charge is -2.24. The van der Waals surface area contributed by atoms with Gasteiger partial charge in [0.15, 0.2) is 0 Å². The predicted octanol–water partition coefficient (Wildman–Crippen LogP) is 2.21. The third-order valence-electron chi connectivity index (χ3n) is 4.32. The average molecular weight is 290 g/mol. The predicted molar refractivity (Wildman–Crippen MR) is 89.6 cm³/mol. The highest BCUT2D eigenvalue weighted by atomic mass is 15.2. The van der Waals surface area contributed by atoms with Crippen LogP contribution in [0.15, 0.2) is 18.5 Å². The summed E-state index contributed by atoms with van der Waals surface area (Å²) in [6, 6.07) is 2.80. The van der Waals surface area contributed by atoms with Crippen molar-refractivity contribution in [1.82, 2.24) is 15.2 Å². The molecule has 2 heterocycles. The van der Waals surface area contributed by atoms with Gasteiger partial charge in [-0.2, -0.15) is 0 Å². The van der Waals surface area contributed by atoms with E-state index < -0.39 is 0 Å². The maximum Gasteiger partial charge on any atom is 0.0443 e. The van der Waals surface area contributed by atoms with E-state index in [2.05, 4.69) is 61.0 Å². The number of pyridine rings is 1. The summed E-state index contributed by atoms with van der Waals surface area (Å²) in [5, 5.41) is 3.53. The van der Waals surface area contributed by atoms with Crippen molar-refractivity contribution < 1.29 is 0 Å². The minimum absolute atomic E-state index is 0.634. The smallest absolute Gasteiger partial charge is 0.0443 e. The summed E-state index contributed by atoms with van der Waals surface area (Å²) < 4.78 is 0. The van der Waals surface area contributed by atoms with Gasteiger partial charge in [-0.15, -0.1) is 0 Å². The summed E-state index contributed by atoms with van der Waals surface area (Å²) >= 11 is 0. The van der Waals surface area contributed by atoms with E-state index in [-0.39, 0.29) is 0 Å². The van der Waals surface area contributed by atoms with Gasteiger partial charge < -0.3 is 15.1 Å². The maximum atomic E-state index is 4.31. The second-order valence-corrected chi connectivity index (χ2v) is 6.94. The highest BCUT2D eigenvalue weighted by molar-refractivity contribution is 5.53. The summed E-state index contributed by atoms with van der Waals surface area (Å²) in [4.78, 5) is 9.18. The molecule has 0 aromatic carbocycles. The first-order valence-electron chi connectivity index (χ1n) is 8.04. The molecule has 1 saturated heterocycles. The average Bonchev–Trinajstić information content (AvgIpc) is 2.81. The van der Waals surface area contributed by atoms with Crippen LogP contribution in [0, 0.1) is 11.8 Å².